The molecule has 84 valence electrons. The second-order valence-electron chi connectivity index (χ2n) is 3.10. The van der Waals surface area contributed by atoms with Crippen LogP contribution in [0.15, 0.2) is 18.2 Å². The number of aliphatic hydroxyl groups excluding tert-OH is 1. The van der Waals surface area contributed by atoms with E-state index in [-0.39, 0.29) is 0 Å². The minimum Gasteiger partial charge on any atom is -0.497 e. The van der Waals surface area contributed by atoms with Crippen molar-refractivity contribution in [1.82, 2.24) is 0 Å². The molecule has 1 rings (SSSR count). The summed E-state index contributed by atoms with van der Waals surface area (Å²) in [7, 11) is 3.15. The van der Waals surface area contributed by atoms with Crippen LogP contribution in [0.2, 0.25) is 0 Å². The van der Waals surface area contributed by atoms with E-state index in [0.29, 0.717) is 23.8 Å². The molecule has 0 bridgehead atoms. The molecule has 0 aromatic heterocycles. The summed E-state index contributed by atoms with van der Waals surface area (Å²) >= 11 is 5.57. The lowest BCUT2D eigenvalue weighted by Crippen LogP contribution is -2.01. The lowest BCUT2D eigenvalue weighted by atomic mass is 10.1. The summed E-state index contributed by atoms with van der Waals surface area (Å²) in [4.78, 5) is 0. The van der Waals surface area contributed by atoms with E-state index in [1.54, 1.807) is 32.4 Å². The van der Waals surface area contributed by atoms with E-state index in [1.807, 2.05) is 0 Å². The highest BCUT2D eigenvalue weighted by Crippen LogP contribution is 2.30. The van der Waals surface area contributed by atoms with E-state index in [4.69, 9.17) is 21.1 Å². The summed E-state index contributed by atoms with van der Waals surface area (Å²) in [5.41, 5.74) is 0.735. The van der Waals surface area contributed by atoms with Gasteiger partial charge in [-0.05, 0) is 18.6 Å². The van der Waals surface area contributed by atoms with Crippen LogP contribution in [-0.2, 0) is 0 Å². The summed E-state index contributed by atoms with van der Waals surface area (Å²) in [6, 6.07) is 5.32. The molecule has 0 fully saturated rings. The molecule has 0 amide bonds. The maximum absolute atomic E-state index is 9.79. The van der Waals surface area contributed by atoms with E-state index < -0.39 is 6.10 Å². The van der Waals surface area contributed by atoms with Crippen molar-refractivity contribution in [3.05, 3.63) is 23.8 Å². The average Bonchev–Trinajstić information content (AvgIpc) is 2.28. The number of aliphatic hydroxyl groups is 1. The third-order valence-corrected chi connectivity index (χ3v) is 2.40. The van der Waals surface area contributed by atoms with Crippen LogP contribution in [0.25, 0.3) is 0 Å². The third-order valence-electron chi connectivity index (χ3n) is 2.18. The van der Waals surface area contributed by atoms with Gasteiger partial charge >= 0.3 is 0 Å². The molecular weight excluding hydrogens is 216 g/mol. The molecule has 0 aliphatic carbocycles. The molecule has 0 saturated heterocycles. The second-order valence-corrected chi connectivity index (χ2v) is 3.48. The van der Waals surface area contributed by atoms with Crippen molar-refractivity contribution in [2.45, 2.75) is 12.5 Å². The highest BCUT2D eigenvalue weighted by Gasteiger charge is 2.13. The quantitative estimate of drug-likeness (QED) is 0.790. The fourth-order valence-corrected chi connectivity index (χ4v) is 1.56. The molecule has 1 aromatic carbocycles. The lowest BCUT2D eigenvalue weighted by molar-refractivity contribution is 0.170. The molecule has 15 heavy (non-hydrogen) atoms. The minimum absolute atomic E-state index is 0.413. The first-order chi connectivity index (χ1) is 7.22. The van der Waals surface area contributed by atoms with Crippen molar-refractivity contribution in [2.75, 3.05) is 20.1 Å². The summed E-state index contributed by atoms with van der Waals surface area (Å²) in [6.07, 6.45) is -0.0899. The standard InChI is InChI=1S/C11H15ClO3/c1-14-8-3-4-9(10(13)5-6-12)11(7-8)15-2/h3-4,7,10,13H,5-6H2,1-2H3. The fraction of sp³-hybridized carbons (Fsp3) is 0.455. The molecule has 1 unspecified atom stereocenters. The van der Waals surface area contributed by atoms with Gasteiger partial charge in [-0.3, -0.25) is 0 Å². The Labute approximate surface area is 94.6 Å². The Morgan fingerprint density at radius 3 is 2.60 bits per heavy atom. The number of ether oxygens (including phenoxy) is 2. The van der Waals surface area contributed by atoms with Crippen molar-refractivity contribution >= 4 is 11.6 Å². The van der Waals surface area contributed by atoms with Gasteiger partial charge in [0.05, 0.1) is 20.3 Å². The summed E-state index contributed by atoms with van der Waals surface area (Å²) in [5, 5.41) is 9.79. The van der Waals surface area contributed by atoms with Gasteiger partial charge in [-0.1, -0.05) is 0 Å². The van der Waals surface area contributed by atoms with E-state index in [1.165, 1.54) is 0 Å². The zero-order valence-corrected chi connectivity index (χ0v) is 9.62. The number of rotatable bonds is 5. The van der Waals surface area contributed by atoms with Gasteiger partial charge in [-0.2, -0.15) is 0 Å². The van der Waals surface area contributed by atoms with Gasteiger partial charge in [0.25, 0.3) is 0 Å². The predicted molar refractivity (Wildman–Crippen MR) is 59.8 cm³/mol. The largest absolute Gasteiger partial charge is 0.497 e. The van der Waals surface area contributed by atoms with Gasteiger partial charge in [0.1, 0.15) is 11.5 Å². The lowest BCUT2D eigenvalue weighted by Gasteiger charge is -2.14. The van der Waals surface area contributed by atoms with Crippen LogP contribution < -0.4 is 9.47 Å². The van der Waals surface area contributed by atoms with Crippen molar-refractivity contribution in [3.8, 4) is 11.5 Å². The first-order valence-corrected chi connectivity index (χ1v) is 5.22. The number of methoxy groups -OCH3 is 2. The topological polar surface area (TPSA) is 38.7 Å². The zero-order chi connectivity index (χ0) is 11.3. The maximum Gasteiger partial charge on any atom is 0.128 e. The molecule has 0 saturated carbocycles. The van der Waals surface area contributed by atoms with Crippen LogP contribution in [0.1, 0.15) is 18.1 Å². The Bertz CT molecular complexity index is 315. The second kappa shape index (κ2) is 5.83. The maximum atomic E-state index is 9.79. The Balaban J connectivity index is 2.96. The average molecular weight is 231 g/mol. The van der Waals surface area contributed by atoms with Crippen LogP contribution in [0.3, 0.4) is 0 Å². The van der Waals surface area contributed by atoms with Crippen molar-refractivity contribution in [1.29, 1.82) is 0 Å². The fourth-order valence-electron chi connectivity index (χ4n) is 1.35. The van der Waals surface area contributed by atoms with Crippen LogP contribution in [0.4, 0.5) is 0 Å². The molecule has 0 heterocycles. The Kier molecular flexibility index (Phi) is 4.72. The number of hydrogen-bond acceptors (Lipinski definition) is 3. The highest BCUT2D eigenvalue weighted by molar-refractivity contribution is 6.17. The normalized spacial score (nSPS) is 12.3. The molecule has 4 heteroatoms. The smallest absolute Gasteiger partial charge is 0.128 e. The molecule has 1 aromatic rings. The number of hydrogen-bond donors (Lipinski definition) is 1. The zero-order valence-electron chi connectivity index (χ0n) is 8.87. The molecule has 0 aliphatic heterocycles. The van der Waals surface area contributed by atoms with Gasteiger partial charge < -0.3 is 14.6 Å². The van der Waals surface area contributed by atoms with Crippen molar-refractivity contribution < 1.29 is 14.6 Å². The Morgan fingerprint density at radius 2 is 2.07 bits per heavy atom. The van der Waals surface area contributed by atoms with E-state index in [0.717, 1.165) is 5.56 Å². The molecule has 1 atom stereocenters. The Hall–Kier alpha value is -0.930. The molecule has 3 nitrogen and oxygen atoms in total. The van der Waals surface area contributed by atoms with E-state index in [9.17, 15) is 5.11 Å². The third kappa shape index (κ3) is 3.01. The number of halogens is 1. The molecule has 0 radical (unpaired) electrons. The highest BCUT2D eigenvalue weighted by atomic mass is 35.5. The summed E-state index contributed by atoms with van der Waals surface area (Å²) in [6.45, 7) is 0. The van der Waals surface area contributed by atoms with Crippen LogP contribution in [0, 0.1) is 0 Å². The first-order valence-electron chi connectivity index (χ1n) is 4.69. The van der Waals surface area contributed by atoms with Gasteiger partial charge in [0.2, 0.25) is 0 Å². The van der Waals surface area contributed by atoms with Gasteiger partial charge in [0, 0.05) is 17.5 Å². The predicted octanol–water partition coefficient (Wildman–Crippen LogP) is 2.37. The van der Waals surface area contributed by atoms with E-state index >= 15 is 0 Å². The molecule has 0 spiro atoms. The van der Waals surface area contributed by atoms with Gasteiger partial charge in [-0.15, -0.1) is 11.6 Å². The monoisotopic (exact) mass is 230 g/mol. The van der Waals surface area contributed by atoms with Crippen molar-refractivity contribution in [2.24, 2.45) is 0 Å². The Morgan fingerprint density at radius 1 is 1.33 bits per heavy atom. The summed E-state index contributed by atoms with van der Waals surface area (Å²) < 4.78 is 10.2. The summed E-state index contributed by atoms with van der Waals surface area (Å²) in [5.74, 6) is 1.73. The van der Waals surface area contributed by atoms with Crippen LogP contribution >= 0.6 is 11.6 Å². The van der Waals surface area contributed by atoms with E-state index in [2.05, 4.69) is 0 Å². The first kappa shape index (κ1) is 12.1. The molecule has 0 aliphatic rings. The van der Waals surface area contributed by atoms with Crippen molar-refractivity contribution in [3.63, 3.8) is 0 Å². The van der Waals surface area contributed by atoms with Gasteiger partial charge in [0.15, 0.2) is 0 Å². The van der Waals surface area contributed by atoms with Crippen LogP contribution in [-0.4, -0.2) is 25.2 Å². The molecule has 1 N–H and O–H groups in total. The molecular formula is C11H15ClO3. The number of alkyl halides is 1. The number of benzene rings is 1. The SMILES string of the molecule is COc1ccc(C(O)CCCl)c(OC)c1. The van der Waals surface area contributed by atoms with Crippen LogP contribution in [0.5, 0.6) is 11.5 Å². The van der Waals surface area contributed by atoms with Gasteiger partial charge in [-0.25, -0.2) is 0 Å². The minimum atomic E-state index is -0.594.